The third-order valence-corrected chi connectivity index (χ3v) is 7.87. The SMILES string of the molecule is COc1cc(-c2scnc2C)ccc1[C@H](C)NC(=O)[C@@H]1[C@@H](F)[C@@H](O)CN1C(=O)[C@@H](c1cc(C)no1)C(C)C. The number of carbonyl (C=O) groups is 2. The number of nitrogens with zero attached hydrogens (tertiary/aromatic N) is 3. The molecule has 204 valence electrons. The first-order valence-corrected chi connectivity index (χ1v) is 13.4. The molecule has 0 aliphatic carbocycles. The lowest BCUT2D eigenvalue weighted by Crippen LogP contribution is -2.51. The molecule has 1 fully saturated rings. The molecule has 4 rings (SSSR count). The van der Waals surface area contributed by atoms with Crippen molar-refractivity contribution in [1.82, 2.24) is 20.4 Å². The van der Waals surface area contributed by atoms with Crippen molar-refractivity contribution in [1.29, 1.82) is 0 Å². The van der Waals surface area contributed by atoms with Crippen molar-refractivity contribution in [2.45, 2.75) is 64.9 Å². The molecule has 2 N–H and O–H groups in total. The first-order valence-electron chi connectivity index (χ1n) is 12.5. The number of hydrogen-bond donors (Lipinski definition) is 2. The van der Waals surface area contributed by atoms with Crippen molar-refractivity contribution in [2.75, 3.05) is 13.7 Å². The van der Waals surface area contributed by atoms with Gasteiger partial charge in [0.05, 0.1) is 41.5 Å². The van der Waals surface area contributed by atoms with E-state index in [2.05, 4.69) is 15.5 Å². The quantitative estimate of drug-likeness (QED) is 0.441. The molecule has 1 saturated heterocycles. The van der Waals surface area contributed by atoms with Gasteiger partial charge in [0, 0.05) is 11.6 Å². The molecule has 9 nitrogen and oxygen atoms in total. The number of rotatable bonds is 8. The van der Waals surface area contributed by atoms with E-state index >= 15 is 4.39 Å². The van der Waals surface area contributed by atoms with Crippen LogP contribution in [-0.4, -0.2) is 63.9 Å². The summed E-state index contributed by atoms with van der Waals surface area (Å²) >= 11 is 1.52. The molecule has 0 unspecified atom stereocenters. The third-order valence-electron chi connectivity index (χ3n) is 6.89. The maximum Gasteiger partial charge on any atom is 0.246 e. The molecule has 0 spiro atoms. The van der Waals surface area contributed by atoms with Crippen LogP contribution in [0.1, 0.15) is 55.4 Å². The minimum atomic E-state index is -1.94. The van der Waals surface area contributed by atoms with Crippen LogP contribution in [0.15, 0.2) is 34.3 Å². The predicted octanol–water partition coefficient (Wildman–Crippen LogP) is 3.95. The number of β-amino-alcohol motifs (C(OH)–C–C–N with tert-alkyl or cyclic N) is 1. The van der Waals surface area contributed by atoms with E-state index in [0.29, 0.717) is 22.8 Å². The van der Waals surface area contributed by atoms with Gasteiger partial charge in [-0.15, -0.1) is 11.3 Å². The Labute approximate surface area is 225 Å². The molecular formula is C27H33FN4O5S. The zero-order valence-electron chi connectivity index (χ0n) is 22.3. The lowest BCUT2D eigenvalue weighted by molar-refractivity contribution is -0.142. The molecule has 1 aliphatic rings. The number of methoxy groups -OCH3 is 1. The molecule has 5 atom stereocenters. The Morgan fingerprint density at radius 2 is 2.00 bits per heavy atom. The number of ether oxygens (including phenoxy) is 1. The van der Waals surface area contributed by atoms with Crippen molar-refractivity contribution in [3.63, 3.8) is 0 Å². The van der Waals surface area contributed by atoms with E-state index in [4.69, 9.17) is 9.26 Å². The van der Waals surface area contributed by atoms with Crippen molar-refractivity contribution in [3.8, 4) is 16.2 Å². The summed E-state index contributed by atoms with van der Waals surface area (Å²) in [4.78, 5) is 33.4. The first kappa shape index (κ1) is 27.7. The smallest absolute Gasteiger partial charge is 0.246 e. The van der Waals surface area contributed by atoms with Crippen LogP contribution in [0.3, 0.4) is 0 Å². The average molecular weight is 545 g/mol. The Balaban J connectivity index is 1.56. The first-order chi connectivity index (χ1) is 18.0. The Bertz CT molecular complexity index is 1310. The van der Waals surface area contributed by atoms with E-state index in [1.54, 1.807) is 32.5 Å². The largest absolute Gasteiger partial charge is 0.496 e. The maximum absolute atomic E-state index is 15.2. The summed E-state index contributed by atoms with van der Waals surface area (Å²) < 4.78 is 26.1. The number of halogens is 1. The summed E-state index contributed by atoms with van der Waals surface area (Å²) in [6, 6.07) is 5.24. The van der Waals surface area contributed by atoms with E-state index in [0.717, 1.165) is 21.0 Å². The van der Waals surface area contributed by atoms with Gasteiger partial charge >= 0.3 is 0 Å². The summed E-state index contributed by atoms with van der Waals surface area (Å²) in [5.41, 5.74) is 4.92. The van der Waals surface area contributed by atoms with Crippen LogP contribution in [0.25, 0.3) is 10.4 Å². The van der Waals surface area contributed by atoms with Crippen LogP contribution < -0.4 is 10.1 Å². The zero-order chi connectivity index (χ0) is 27.7. The Morgan fingerprint density at radius 3 is 2.58 bits per heavy atom. The number of carbonyl (C=O) groups excluding carboxylic acids is 2. The number of thiazole rings is 1. The number of aryl methyl sites for hydroxylation is 2. The van der Waals surface area contributed by atoms with E-state index in [-0.39, 0.29) is 12.5 Å². The molecule has 1 aromatic carbocycles. The molecule has 0 radical (unpaired) electrons. The van der Waals surface area contributed by atoms with Gasteiger partial charge in [-0.1, -0.05) is 31.1 Å². The lowest BCUT2D eigenvalue weighted by atomic mass is 9.91. The summed E-state index contributed by atoms with van der Waals surface area (Å²) in [6.45, 7) is 8.80. The zero-order valence-corrected chi connectivity index (χ0v) is 23.1. The van der Waals surface area contributed by atoms with E-state index < -0.39 is 42.1 Å². The van der Waals surface area contributed by atoms with E-state index in [1.807, 2.05) is 39.0 Å². The molecule has 0 saturated carbocycles. The maximum atomic E-state index is 15.2. The van der Waals surface area contributed by atoms with Gasteiger partial charge in [-0.05, 0) is 38.3 Å². The number of hydrogen-bond acceptors (Lipinski definition) is 8. The highest BCUT2D eigenvalue weighted by Gasteiger charge is 2.50. The highest BCUT2D eigenvalue weighted by Crippen LogP contribution is 2.35. The molecule has 2 amide bonds. The van der Waals surface area contributed by atoms with Gasteiger partial charge in [0.25, 0.3) is 0 Å². The number of likely N-dealkylation sites (tertiary alicyclic amines) is 1. The number of nitrogens with one attached hydrogen (secondary N) is 1. The van der Waals surface area contributed by atoms with Crippen LogP contribution in [-0.2, 0) is 9.59 Å². The van der Waals surface area contributed by atoms with Crippen molar-refractivity contribution in [2.24, 2.45) is 5.92 Å². The van der Waals surface area contributed by atoms with Crippen LogP contribution in [0.4, 0.5) is 4.39 Å². The normalized spacial score (nSPS) is 21.0. The Kier molecular flexibility index (Phi) is 8.17. The number of amides is 2. The van der Waals surface area contributed by atoms with Gasteiger partial charge in [0.15, 0.2) is 6.17 Å². The fourth-order valence-electron chi connectivity index (χ4n) is 4.92. The summed E-state index contributed by atoms with van der Waals surface area (Å²) in [6.07, 6.45) is -3.42. The van der Waals surface area contributed by atoms with Gasteiger partial charge in [-0.25, -0.2) is 9.37 Å². The Morgan fingerprint density at radius 1 is 1.26 bits per heavy atom. The second-order valence-electron chi connectivity index (χ2n) is 9.99. The summed E-state index contributed by atoms with van der Waals surface area (Å²) in [7, 11) is 1.54. The van der Waals surface area contributed by atoms with E-state index in [9.17, 15) is 14.7 Å². The number of benzene rings is 1. The minimum absolute atomic E-state index is 0.210. The van der Waals surface area contributed by atoms with Gasteiger partial charge in [0.2, 0.25) is 11.8 Å². The molecule has 0 bridgehead atoms. The number of aromatic nitrogens is 2. The Hall–Kier alpha value is -3.31. The fourth-order valence-corrected chi connectivity index (χ4v) is 5.72. The molecule has 2 aromatic heterocycles. The number of alkyl halides is 1. The second-order valence-corrected chi connectivity index (χ2v) is 10.8. The molecule has 11 heteroatoms. The van der Waals surface area contributed by atoms with Crippen LogP contribution >= 0.6 is 11.3 Å². The number of aliphatic hydroxyl groups is 1. The van der Waals surface area contributed by atoms with E-state index in [1.165, 1.54) is 11.3 Å². The molecule has 3 heterocycles. The van der Waals surface area contributed by atoms with Crippen LogP contribution in [0, 0.1) is 19.8 Å². The van der Waals surface area contributed by atoms with Crippen molar-refractivity contribution in [3.05, 3.63) is 52.5 Å². The summed E-state index contributed by atoms with van der Waals surface area (Å²) in [5.74, 6) is -1.28. The van der Waals surface area contributed by atoms with Gasteiger partial charge in [-0.3, -0.25) is 9.59 Å². The minimum Gasteiger partial charge on any atom is -0.496 e. The second kappa shape index (κ2) is 11.2. The molecule has 38 heavy (non-hydrogen) atoms. The standard InChI is InChI=1S/C27H33FN4O5S/c1-13(2)22(21-9-14(3)31-37-21)27(35)32-11-19(33)23(28)24(32)26(34)30-15(4)18-8-7-17(10-20(18)36-6)25-16(5)29-12-38-25/h7-10,12-13,15,19,22-24,33H,11H2,1-6H3,(H,30,34)/t15-,19-,22+,23-,24-/m0/s1. The monoisotopic (exact) mass is 544 g/mol. The average Bonchev–Trinajstić information content (AvgIpc) is 3.57. The number of aliphatic hydroxyl groups excluding tert-OH is 1. The van der Waals surface area contributed by atoms with Gasteiger partial charge < -0.3 is 24.6 Å². The van der Waals surface area contributed by atoms with Crippen molar-refractivity contribution < 1.29 is 28.3 Å². The lowest BCUT2D eigenvalue weighted by Gasteiger charge is -2.30. The third kappa shape index (κ3) is 5.30. The highest BCUT2D eigenvalue weighted by molar-refractivity contribution is 7.13. The highest BCUT2D eigenvalue weighted by atomic mass is 32.1. The summed E-state index contributed by atoms with van der Waals surface area (Å²) in [5, 5.41) is 17.0. The van der Waals surface area contributed by atoms with Crippen LogP contribution in [0.2, 0.25) is 0 Å². The fraction of sp³-hybridized carbons (Fsp3) is 0.481. The topological polar surface area (TPSA) is 118 Å². The predicted molar refractivity (Wildman–Crippen MR) is 141 cm³/mol. The van der Waals surface area contributed by atoms with Gasteiger partial charge in [-0.2, -0.15) is 0 Å². The molecular weight excluding hydrogens is 511 g/mol. The van der Waals surface area contributed by atoms with Crippen LogP contribution in [0.5, 0.6) is 5.75 Å². The van der Waals surface area contributed by atoms with Crippen molar-refractivity contribution >= 4 is 23.2 Å². The molecule has 3 aromatic rings. The molecule has 1 aliphatic heterocycles. The van der Waals surface area contributed by atoms with Gasteiger partial charge in [0.1, 0.15) is 29.6 Å².